The van der Waals surface area contributed by atoms with E-state index in [1.54, 1.807) is 12.1 Å². The van der Waals surface area contributed by atoms with E-state index in [4.69, 9.17) is 5.11 Å². The zero-order chi connectivity index (χ0) is 14.4. The molecule has 0 bridgehead atoms. The standard InChI is InChI=1S/C14H23N3O2/c1-10(2)7-12(9-17(3)4)16-11-5-6-15-13(8-11)14(18)19/h5-6,8,10,12H,7,9H2,1-4H3,(H,15,16)(H,18,19). The number of rotatable bonds is 7. The van der Waals surface area contributed by atoms with Gasteiger partial charge in [-0.3, -0.25) is 0 Å². The van der Waals surface area contributed by atoms with E-state index in [0.29, 0.717) is 12.0 Å². The summed E-state index contributed by atoms with van der Waals surface area (Å²) in [5, 5.41) is 12.3. The van der Waals surface area contributed by atoms with Crippen LogP contribution in [-0.4, -0.2) is 47.6 Å². The Morgan fingerprint density at radius 2 is 2.16 bits per heavy atom. The molecular formula is C14H23N3O2. The molecule has 0 aliphatic rings. The van der Waals surface area contributed by atoms with Gasteiger partial charge in [-0.2, -0.15) is 0 Å². The molecule has 1 aromatic rings. The molecule has 0 aromatic carbocycles. The predicted octanol–water partition coefficient (Wildman–Crippen LogP) is 2.17. The first-order valence-electron chi connectivity index (χ1n) is 6.49. The number of anilines is 1. The van der Waals surface area contributed by atoms with Crippen LogP contribution in [0.2, 0.25) is 0 Å². The molecule has 1 atom stereocenters. The molecule has 5 nitrogen and oxygen atoms in total. The molecule has 106 valence electrons. The molecule has 0 aliphatic carbocycles. The minimum absolute atomic E-state index is 0.0677. The molecule has 0 amide bonds. The Hall–Kier alpha value is -1.62. The second-order valence-corrected chi connectivity index (χ2v) is 5.47. The van der Waals surface area contributed by atoms with Gasteiger partial charge >= 0.3 is 5.97 Å². The Morgan fingerprint density at radius 1 is 1.47 bits per heavy atom. The Bertz CT molecular complexity index is 409. The molecule has 1 unspecified atom stereocenters. The SMILES string of the molecule is CC(C)CC(CN(C)C)Nc1ccnc(C(=O)O)c1. The van der Waals surface area contributed by atoms with Gasteiger partial charge in [-0.15, -0.1) is 0 Å². The highest BCUT2D eigenvalue weighted by molar-refractivity contribution is 5.86. The molecule has 0 radical (unpaired) electrons. The molecule has 0 aliphatic heterocycles. The molecule has 0 saturated carbocycles. The van der Waals surface area contributed by atoms with E-state index >= 15 is 0 Å². The van der Waals surface area contributed by atoms with E-state index in [1.807, 2.05) is 14.1 Å². The van der Waals surface area contributed by atoms with Crippen LogP contribution in [0.3, 0.4) is 0 Å². The number of nitrogens with one attached hydrogen (secondary N) is 1. The van der Waals surface area contributed by atoms with Crippen molar-refractivity contribution in [3.05, 3.63) is 24.0 Å². The molecule has 19 heavy (non-hydrogen) atoms. The monoisotopic (exact) mass is 265 g/mol. The van der Waals surface area contributed by atoms with Gasteiger partial charge in [0.25, 0.3) is 0 Å². The van der Waals surface area contributed by atoms with Crippen molar-refractivity contribution >= 4 is 11.7 Å². The lowest BCUT2D eigenvalue weighted by Crippen LogP contribution is -2.33. The Morgan fingerprint density at radius 3 is 2.68 bits per heavy atom. The highest BCUT2D eigenvalue weighted by Gasteiger charge is 2.13. The molecule has 2 N–H and O–H groups in total. The number of carbonyl (C=O) groups is 1. The number of nitrogens with zero attached hydrogens (tertiary/aromatic N) is 2. The summed E-state index contributed by atoms with van der Waals surface area (Å²) in [5.41, 5.74) is 0.873. The first kappa shape index (κ1) is 15.4. The fraction of sp³-hybridized carbons (Fsp3) is 0.571. The van der Waals surface area contributed by atoms with Crippen LogP contribution in [0.15, 0.2) is 18.3 Å². The minimum atomic E-state index is -1.00. The molecule has 1 rings (SSSR count). The third kappa shape index (κ3) is 5.70. The summed E-state index contributed by atoms with van der Waals surface area (Å²) in [7, 11) is 4.06. The highest BCUT2D eigenvalue weighted by atomic mass is 16.4. The van der Waals surface area contributed by atoms with E-state index in [-0.39, 0.29) is 5.69 Å². The summed E-state index contributed by atoms with van der Waals surface area (Å²) in [5.74, 6) is -0.421. The maximum atomic E-state index is 10.9. The largest absolute Gasteiger partial charge is 0.477 e. The van der Waals surface area contributed by atoms with E-state index in [0.717, 1.165) is 18.7 Å². The van der Waals surface area contributed by atoms with Gasteiger partial charge in [0, 0.05) is 24.5 Å². The van der Waals surface area contributed by atoms with Gasteiger partial charge in [0.1, 0.15) is 5.69 Å². The molecule has 5 heteroatoms. The highest BCUT2D eigenvalue weighted by Crippen LogP contribution is 2.14. The van der Waals surface area contributed by atoms with E-state index in [1.165, 1.54) is 6.20 Å². The number of hydrogen-bond acceptors (Lipinski definition) is 4. The molecule has 0 spiro atoms. The van der Waals surface area contributed by atoms with Crippen LogP contribution in [0.5, 0.6) is 0 Å². The van der Waals surface area contributed by atoms with Crippen LogP contribution >= 0.6 is 0 Å². The third-order valence-electron chi connectivity index (χ3n) is 2.69. The zero-order valence-corrected chi connectivity index (χ0v) is 12.1. The molecular weight excluding hydrogens is 242 g/mol. The van der Waals surface area contributed by atoms with Crippen molar-refractivity contribution in [3.8, 4) is 0 Å². The average molecular weight is 265 g/mol. The predicted molar refractivity (Wildman–Crippen MR) is 76.6 cm³/mol. The van der Waals surface area contributed by atoms with Crippen molar-refractivity contribution in [2.45, 2.75) is 26.3 Å². The summed E-state index contributed by atoms with van der Waals surface area (Å²) >= 11 is 0. The van der Waals surface area contributed by atoms with Crippen LogP contribution in [-0.2, 0) is 0 Å². The molecule has 1 heterocycles. The summed E-state index contributed by atoms with van der Waals surface area (Å²) in [6.45, 7) is 5.27. The maximum absolute atomic E-state index is 10.9. The number of hydrogen-bond donors (Lipinski definition) is 2. The Kier molecular flexibility index (Phi) is 5.76. The van der Waals surface area contributed by atoms with Crippen molar-refractivity contribution in [3.63, 3.8) is 0 Å². The fourth-order valence-electron chi connectivity index (χ4n) is 2.06. The van der Waals surface area contributed by atoms with Crippen molar-refractivity contribution in [1.29, 1.82) is 0 Å². The van der Waals surface area contributed by atoms with Gasteiger partial charge in [-0.05, 0) is 38.6 Å². The topological polar surface area (TPSA) is 65.5 Å². The molecule has 0 fully saturated rings. The number of likely N-dealkylation sites (N-methyl/N-ethyl adjacent to an activating group) is 1. The van der Waals surface area contributed by atoms with Crippen molar-refractivity contribution in [2.24, 2.45) is 5.92 Å². The fourth-order valence-corrected chi connectivity index (χ4v) is 2.06. The van der Waals surface area contributed by atoms with Crippen LogP contribution in [0.25, 0.3) is 0 Å². The normalized spacial score (nSPS) is 12.7. The molecule has 1 aromatic heterocycles. The first-order valence-corrected chi connectivity index (χ1v) is 6.49. The van der Waals surface area contributed by atoms with E-state index in [2.05, 4.69) is 29.0 Å². The van der Waals surface area contributed by atoms with Gasteiger partial charge in [0.05, 0.1) is 0 Å². The van der Waals surface area contributed by atoms with Gasteiger partial charge in [-0.25, -0.2) is 9.78 Å². The van der Waals surface area contributed by atoms with Crippen molar-refractivity contribution < 1.29 is 9.90 Å². The molecule has 0 saturated heterocycles. The lowest BCUT2D eigenvalue weighted by atomic mass is 10.0. The summed E-state index contributed by atoms with van der Waals surface area (Å²) in [4.78, 5) is 16.8. The van der Waals surface area contributed by atoms with Gasteiger partial charge in [0.2, 0.25) is 0 Å². The minimum Gasteiger partial charge on any atom is -0.477 e. The second kappa shape index (κ2) is 7.09. The summed E-state index contributed by atoms with van der Waals surface area (Å²) < 4.78 is 0. The quantitative estimate of drug-likeness (QED) is 0.791. The van der Waals surface area contributed by atoms with Gasteiger partial charge < -0.3 is 15.3 Å². The number of aromatic nitrogens is 1. The van der Waals surface area contributed by atoms with Crippen LogP contribution < -0.4 is 5.32 Å². The van der Waals surface area contributed by atoms with Gasteiger partial charge in [-0.1, -0.05) is 13.8 Å². The van der Waals surface area contributed by atoms with Crippen molar-refractivity contribution in [1.82, 2.24) is 9.88 Å². The average Bonchev–Trinajstić information content (AvgIpc) is 2.27. The van der Waals surface area contributed by atoms with E-state index in [9.17, 15) is 4.79 Å². The summed E-state index contributed by atoms with van der Waals surface area (Å²) in [6.07, 6.45) is 2.55. The van der Waals surface area contributed by atoms with E-state index < -0.39 is 5.97 Å². The lowest BCUT2D eigenvalue weighted by Gasteiger charge is -2.25. The Balaban J connectivity index is 2.77. The number of aromatic carboxylic acids is 1. The maximum Gasteiger partial charge on any atom is 0.354 e. The Labute approximate surface area is 114 Å². The first-order chi connectivity index (χ1) is 8.88. The lowest BCUT2D eigenvalue weighted by molar-refractivity contribution is 0.0690. The third-order valence-corrected chi connectivity index (χ3v) is 2.69. The van der Waals surface area contributed by atoms with Crippen molar-refractivity contribution in [2.75, 3.05) is 26.0 Å². The van der Waals surface area contributed by atoms with Crippen LogP contribution in [0, 0.1) is 5.92 Å². The van der Waals surface area contributed by atoms with Gasteiger partial charge in [0.15, 0.2) is 0 Å². The van der Waals surface area contributed by atoms with Crippen LogP contribution in [0.4, 0.5) is 5.69 Å². The number of carboxylic acids is 1. The summed E-state index contributed by atoms with van der Waals surface area (Å²) in [6, 6.07) is 3.67. The number of carboxylic acid groups (broad SMARTS) is 1. The zero-order valence-electron chi connectivity index (χ0n) is 12.1. The number of pyridine rings is 1. The van der Waals surface area contributed by atoms with Crippen LogP contribution in [0.1, 0.15) is 30.8 Å². The second-order valence-electron chi connectivity index (χ2n) is 5.47. The smallest absolute Gasteiger partial charge is 0.354 e.